The van der Waals surface area contributed by atoms with Crippen LogP contribution in [0.15, 0.2) is 70.7 Å². The largest absolute Gasteiger partial charge is 0.497 e. The molecule has 3 aromatic rings. The first-order valence-electron chi connectivity index (χ1n) is 12.0. The summed E-state index contributed by atoms with van der Waals surface area (Å²) >= 11 is 1.56. The summed E-state index contributed by atoms with van der Waals surface area (Å²) in [6, 6.07) is 17.9. The first kappa shape index (κ1) is 23.4. The maximum atomic E-state index is 13.1. The number of ether oxygens (including phenoxy) is 1. The fraction of sp³-hybridized carbons (Fsp3) is 0.385. The van der Waals surface area contributed by atoms with Gasteiger partial charge in [0.1, 0.15) is 16.6 Å². The highest BCUT2D eigenvalue weighted by Gasteiger charge is 2.31. The fourth-order valence-corrected chi connectivity index (χ4v) is 5.41. The molecule has 9 heteroatoms. The lowest BCUT2D eigenvalue weighted by atomic mass is 9.95. The van der Waals surface area contributed by atoms with Gasteiger partial charge in [-0.1, -0.05) is 23.9 Å². The second kappa shape index (κ2) is 10.9. The van der Waals surface area contributed by atoms with Crippen LogP contribution in [0.25, 0.3) is 0 Å². The van der Waals surface area contributed by atoms with E-state index in [-0.39, 0.29) is 5.92 Å². The third kappa shape index (κ3) is 5.67. The molecule has 1 aromatic carbocycles. The molecule has 2 fully saturated rings. The Morgan fingerprint density at radius 3 is 2.37 bits per heavy atom. The standard InChI is InChI=1S/C26H30N6O2S/c1-34-21-5-4-6-22(19-21)35-25-9-8-24(28-29-25)30-13-10-20(11-14-30)26(33)32-17-15-31(16-18-32)23-7-2-3-12-27-23/h2-9,12,19-20H,10-11,13-18H2,1H3. The molecule has 0 atom stereocenters. The smallest absolute Gasteiger partial charge is 0.225 e. The molecule has 0 bridgehead atoms. The molecule has 2 aliphatic rings. The van der Waals surface area contributed by atoms with Crippen molar-refractivity contribution in [2.24, 2.45) is 5.92 Å². The Balaban J connectivity index is 1.10. The van der Waals surface area contributed by atoms with Crippen LogP contribution in [-0.4, -0.2) is 72.4 Å². The Hall–Kier alpha value is -3.33. The van der Waals surface area contributed by atoms with Crippen molar-refractivity contribution in [3.05, 3.63) is 60.8 Å². The molecular formula is C26H30N6O2S. The summed E-state index contributed by atoms with van der Waals surface area (Å²) in [6.45, 7) is 4.82. The van der Waals surface area contributed by atoms with E-state index in [1.165, 1.54) is 0 Å². The maximum Gasteiger partial charge on any atom is 0.225 e. The monoisotopic (exact) mass is 490 g/mol. The Kier molecular flexibility index (Phi) is 7.32. The van der Waals surface area contributed by atoms with Crippen molar-refractivity contribution in [3.63, 3.8) is 0 Å². The van der Waals surface area contributed by atoms with Gasteiger partial charge in [-0.3, -0.25) is 4.79 Å². The van der Waals surface area contributed by atoms with Gasteiger partial charge in [-0.2, -0.15) is 0 Å². The number of aromatic nitrogens is 3. The van der Waals surface area contributed by atoms with E-state index in [1.54, 1.807) is 18.9 Å². The number of carbonyl (C=O) groups excluding carboxylic acids is 1. The van der Waals surface area contributed by atoms with Crippen molar-refractivity contribution in [2.75, 3.05) is 56.2 Å². The van der Waals surface area contributed by atoms with E-state index < -0.39 is 0 Å². The molecule has 0 saturated carbocycles. The lowest BCUT2D eigenvalue weighted by Crippen LogP contribution is -2.52. The van der Waals surface area contributed by atoms with E-state index in [0.717, 1.165) is 79.4 Å². The Bertz CT molecular complexity index is 1110. The van der Waals surface area contributed by atoms with Crippen LogP contribution in [0, 0.1) is 5.92 Å². The quantitative estimate of drug-likeness (QED) is 0.519. The number of hydrogen-bond acceptors (Lipinski definition) is 8. The van der Waals surface area contributed by atoms with Crippen LogP contribution in [0.4, 0.5) is 11.6 Å². The highest BCUT2D eigenvalue weighted by Crippen LogP contribution is 2.30. The van der Waals surface area contributed by atoms with E-state index in [2.05, 4.69) is 25.0 Å². The zero-order chi connectivity index (χ0) is 24.0. The van der Waals surface area contributed by atoms with Crippen molar-refractivity contribution in [2.45, 2.75) is 22.8 Å². The number of benzene rings is 1. The van der Waals surface area contributed by atoms with Gasteiger partial charge in [0.15, 0.2) is 5.82 Å². The van der Waals surface area contributed by atoms with E-state index >= 15 is 0 Å². The normalized spacial score (nSPS) is 16.9. The number of pyridine rings is 1. The number of methoxy groups -OCH3 is 1. The summed E-state index contributed by atoms with van der Waals surface area (Å²) < 4.78 is 5.29. The van der Waals surface area contributed by atoms with Gasteiger partial charge in [0, 0.05) is 56.3 Å². The zero-order valence-electron chi connectivity index (χ0n) is 19.9. The van der Waals surface area contributed by atoms with Gasteiger partial charge in [-0.05, 0) is 55.3 Å². The second-order valence-corrected chi connectivity index (χ2v) is 9.87. The maximum absolute atomic E-state index is 13.1. The van der Waals surface area contributed by atoms with Gasteiger partial charge in [0.25, 0.3) is 0 Å². The van der Waals surface area contributed by atoms with Gasteiger partial charge in [0.05, 0.1) is 7.11 Å². The van der Waals surface area contributed by atoms with Crippen molar-refractivity contribution < 1.29 is 9.53 Å². The predicted molar refractivity (Wildman–Crippen MR) is 137 cm³/mol. The van der Waals surface area contributed by atoms with Gasteiger partial charge < -0.3 is 19.4 Å². The molecule has 0 unspecified atom stereocenters. The third-order valence-corrected chi connectivity index (χ3v) is 7.54. The topological polar surface area (TPSA) is 74.7 Å². The van der Waals surface area contributed by atoms with Crippen LogP contribution in [0.5, 0.6) is 5.75 Å². The molecule has 2 aliphatic heterocycles. The number of hydrogen-bond donors (Lipinski definition) is 0. The molecule has 35 heavy (non-hydrogen) atoms. The molecule has 5 rings (SSSR count). The molecule has 0 radical (unpaired) electrons. The number of piperazine rings is 1. The number of rotatable bonds is 6. The van der Waals surface area contributed by atoms with Crippen LogP contribution in [0.1, 0.15) is 12.8 Å². The lowest BCUT2D eigenvalue weighted by Gasteiger charge is -2.39. The van der Waals surface area contributed by atoms with Crippen molar-refractivity contribution in [3.8, 4) is 5.75 Å². The van der Waals surface area contributed by atoms with Gasteiger partial charge in [0.2, 0.25) is 5.91 Å². The van der Waals surface area contributed by atoms with Crippen LogP contribution in [0.3, 0.4) is 0 Å². The molecule has 4 heterocycles. The summed E-state index contributed by atoms with van der Waals surface area (Å²) in [5, 5.41) is 9.71. The van der Waals surface area contributed by atoms with E-state index in [4.69, 9.17) is 4.74 Å². The Morgan fingerprint density at radius 1 is 0.886 bits per heavy atom. The zero-order valence-corrected chi connectivity index (χ0v) is 20.7. The SMILES string of the molecule is COc1cccc(Sc2ccc(N3CCC(C(=O)N4CCN(c5ccccn5)CC4)CC3)nn2)c1. The lowest BCUT2D eigenvalue weighted by molar-refractivity contribution is -0.136. The molecule has 8 nitrogen and oxygen atoms in total. The summed E-state index contributed by atoms with van der Waals surface area (Å²) in [4.78, 5) is 25.1. The first-order valence-corrected chi connectivity index (χ1v) is 12.9. The molecule has 0 spiro atoms. The van der Waals surface area contributed by atoms with E-state index in [9.17, 15) is 4.79 Å². The van der Waals surface area contributed by atoms with E-state index in [0.29, 0.717) is 5.91 Å². The molecule has 182 valence electrons. The van der Waals surface area contributed by atoms with Gasteiger partial charge in [-0.25, -0.2) is 4.98 Å². The number of carbonyl (C=O) groups is 1. The number of amides is 1. The molecule has 0 N–H and O–H groups in total. The summed E-state index contributed by atoms with van der Waals surface area (Å²) in [7, 11) is 1.67. The summed E-state index contributed by atoms with van der Waals surface area (Å²) in [6.07, 6.45) is 3.51. The molecule has 2 saturated heterocycles. The highest BCUT2D eigenvalue weighted by atomic mass is 32.2. The average Bonchev–Trinajstić information content (AvgIpc) is 2.94. The summed E-state index contributed by atoms with van der Waals surface area (Å²) in [5.74, 6) is 3.06. The predicted octanol–water partition coefficient (Wildman–Crippen LogP) is 3.60. The first-order chi connectivity index (χ1) is 17.2. The highest BCUT2D eigenvalue weighted by molar-refractivity contribution is 7.99. The van der Waals surface area contributed by atoms with Crippen molar-refractivity contribution in [1.29, 1.82) is 0 Å². The molecule has 2 aromatic heterocycles. The molecule has 1 amide bonds. The summed E-state index contributed by atoms with van der Waals surface area (Å²) in [5.41, 5.74) is 0. The number of anilines is 2. The number of piperidine rings is 1. The third-order valence-electron chi connectivity index (χ3n) is 6.62. The fourth-order valence-electron chi connectivity index (χ4n) is 4.63. The minimum atomic E-state index is 0.0866. The van der Waals surface area contributed by atoms with Gasteiger partial charge >= 0.3 is 0 Å². The van der Waals surface area contributed by atoms with Crippen LogP contribution in [-0.2, 0) is 4.79 Å². The van der Waals surface area contributed by atoms with Crippen LogP contribution >= 0.6 is 11.8 Å². The molecular weight excluding hydrogens is 460 g/mol. The Labute approximate surface area is 210 Å². The second-order valence-electron chi connectivity index (χ2n) is 8.77. The van der Waals surface area contributed by atoms with Crippen molar-refractivity contribution >= 4 is 29.3 Å². The van der Waals surface area contributed by atoms with Crippen LogP contribution in [0.2, 0.25) is 0 Å². The van der Waals surface area contributed by atoms with Crippen molar-refractivity contribution in [1.82, 2.24) is 20.1 Å². The van der Waals surface area contributed by atoms with Crippen LogP contribution < -0.4 is 14.5 Å². The molecule has 0 aliphatic carbocycles. The van der Waals surface area contributed by atoms with E-state index in [1.807, 2.05) is 65.7 Å². The minimum Gasteiger partial charge on any atom is -0.497 e. The van der Waals surface area contributed by atoms with Gasteiger partial charge in [-0.15, -0.1) is 10.2 Å². The minimum absolute atomic E-state index is 0.0866. The Morgan fingerprint density at radius 2 is 1.69 bits per heavy atom. The number of nitrogens with zero attached hydrogens (tertiary/aromatic N) is 6. The average molecular weight is 491 g/mol.